The van der Waals surface area contributed by atoms with E-state index in [9.17, 15) is 4.79 Å². The van der Waals surface area contributed by atoms with Crippen molar-refractivity contribution in [1.82, 2.24) is 4.90 Å². The third-order valence-electron chi connectivity index (χ3n) is 4.98. The number of anilines is 1. The fourth-order valence-corrected chi connectivity index (χ4v) is 3.54. The molecule has 1 fully saturated rings. The largest absolute Gasteiger partial charge is 0.396 e. The Morgan fingerprint density at radius 2 is 1.81 bits per heavy atom. The highest BCUT2D eigenvalue weighted by atomic mass is 16.3. The Hall–Kier alpha value is -2.17. The molecular formula is C22H28N2O2. The van der Waals surface area contributed by atoms with Gasteiger partial charge in [0, 0.05) is 30.9 Å². The summed E-state index contributed by atoms with van der Waals surface area (Å²) in [6, 6.07) is 15.5. The van der Waals surface area contributed by atoms with Gasteiger partial charge in [0.15, 0.2) is 0 Å². The van der Waals surface area contributed by atoms with Gasteiger partial charge < -0.3 is 10.4 Å². The summed E-state index contributed by atoms with van der Waals surface area (Å²) in [5, 5.41) is 11.9. The Morgan fingerprint density at radius 3 is 2.46 bits per heavy atom. The number of amides is 1. The van der Waals surface area contributed by atoms with E-state index < -0.39 is 0 Å². The average molecular weight is 352 g/mol. The van der Waals surface area contributed by atoms with Crippen molar-refractivity contribution in [3.8, 4) is 0 Å². The van der Waals surface area contributed by atoms with E-state index in [0.29, 0.717) is 12.0 Å². The normalized spacial score (nSPS) is 17.8. The highest BCUT2D eigenvalue weighted by Crippen LogP contribution is 2.18. The Bertz CT molecular complexity index is 710. The molecule has 3 rings (SSSR count). The first-order valence-corrected chi connectivity index (χ1v) is 9.46. The van der Waals surface area contributed by atoms with Gasteiger partial charge in [-0.3, -0.25) is 9.69 Å². The summed E-state index contributed by atoms with van der Waals surface area (Å²) in [5.41, 5.74) is 3.74. The minimum Gasteiger partial charge on any atom is -0.396 e. The monoisotopic (exact) mass is 352 g/mol. The SMILES string of the molecule is CC1CCCN(Cc2ccc(C(=O)Nc3ccc(CCO)cc3)cc2)C1. The van der Waals surface area contributed by atoms with Gasteiger partial charge in [-0.15, -0.1) is 0 Å². The van der Waals surface area contributed by atoms with Crippen LogP contribution in [0.3, 0.4) is 0 Å². The number of hydrogen-bond acceptors (Lipinski definition) is 3. The van der Waals surface area contributed by atoms with Crippen LogP contribution in [-0.4, -0.2) is 35.6 Å². The van der Waals surface area contributed by atoms with E-state index in [4.69, 9.17) is 5.11 Å². The van der Waals surface area contributed by atoms with E-state index >= 15 is 0 Å². The minimum absolute atomic E-state index is 0.0990. The number of nitrogens with one attached hydrogen (secondary N) is 1. The lowest BCUT2D eigenvalue weighted by Gasteiger charge is -2.30. The van der Waals surface area contributed by atoms with Crippen LogP contribution in [0.4, 0.5) is 5.69 Å². The van der Waals surface area contributed by atoms with Gasteiger partial charge in [0.05, 0.1) is 0 Å². The van der Waals surface area contributed by atoms with Crippen molar-refractivity contribution in [1.29, 1.82) is 0 Å². The van der Waals surface area contributed by atoms with Crippen LogP contribution in [0, 0.1) is 5.92 Å². The predicted octanol–water partition coefficient (Wildman–Crippen LogP) is 3.71. The van der Waals surface area contributed by atoms with Crippen LogP contribution in [0.5, 0.6) is 0 Å². The number of carbonyl (C=O) groups is 1. The van der Waals surface area contributed by atoms with Crippen LogP contribution in [0.15, 0.2) is 48.5 Å². The fraction of sp³-hybridized carbons (Fsp3) is 0.409. The molecule has 0 radical (unpaired) electrons. The fourth-order valence-electron chi connectivity index (χ4n) is 3.54. The van der Waals surface area contributed by atoms with Crippen molar-refractivity contribution in [2.24, 2.45) is 5.92 Å². The topological polar surface area (TPSA) is 52.6 Å². The van der Waals surface area contributed by atoms with Crippen molar-refractivity contribution in [3.63, 3.8) is 0 Å². The molecule has 1 unspecified atom stereocenters. The molecule has 0 saturated carbocycles. The third kappa shape index (κ3) is 5.16. The number of carbonyl (C=O) groups excluding carboxylic acids is 1. The molecule has 4 nitrogen and oxygen atoms in total. The summed E-state index contributed by atoms with van der Waals surface area (Å²) < 4.78 is 0. The number of nitrogens with zero attached hydrogens (tertiary/aromatic N) is 1. The molecule has 2 aromatic carbocycles. The molecule has 1 aliphatic rings. The molecule has 1 heterocycles. The smallest absolute Gasteiger partial charge is 0.255 e. The van der Waals surface area contributed by atoms with Crippen molar-refractivity contribution in [2.45, 2.75) is 32.7 Å². The van der Waals surface area contributed by atoms with Crippen molar-refractivity contribution >= 4 is 11.6 Å². The molecule has 0 spiro atoms. The summed E-state index contributed by atoms with van der Waals surface area (Å²) in [5.74, 6) is 0.677. The molecule has 0 bridgehead atoms. The summed E-state index contributed by atoms with van der Waals surface area (Å²) in [6.45, 7) is 5.73. The first kappa shape index (κ1) is 18.6. The first-order valence-electron chi connectivity index (χ1n) is 9.46. The molecule has 2 aromatic rings. The van der Waals surface area contributed by atoms with E-state index in [2.05, 4.69) is 29.3 Å². The van der Waals surface area contributed by atoms with Gasteiger partial charge in [-0.25, -0.2) is 0 Å². The minimum atomic E-state index is -0.0990. The van der Waals surface area contributed by atoms with Crippen LogP contribution in [0.1, 0.15) is 41.3 Å². The van der Waals surface area contributed by atoms with Gasteiger partial charge in [-0.1, -0.05) is 31.2 Å². The second kappa shape index (κ2) is 8.97. The lowest BCUT2D eigenvalue weighted by Crippen LogP contribution is -2.33. The van der Waals surface area contributed by atoms with Gasteiger partial charge in [-0.05, 0) is 67.1 Å². The van der Waals surface area contributed by atoms with Crippen LogP contribution in [0.25, 0.3) is 0 Å². The molecule has 0 aromatic heterocycles. The van der Waals surface area contributed by atoms with Crippen LogP contribution < -0.4 is 5.32 Å². The lowest BCUT2D eigenvalue weighted by molar-refractivity contribution is 0.102. The molecule has 1 saturated heterocycles. The standard InChI is InChI=1S/C22H28N2O2/c1-17-3-2-13-24(15-17)16-19-4-8-20(9-5-19)22(26)23-21-10-6-18(7-11-21)12-14-25/h4-11,17,25H,2-3,12-16H2,1H3,(H,23,26). The number of likely N-dealkylation sites (tertiary alicyclic amines) is 1. The Morgan fingerprint density at radius 1 is 1.12 bits per heavy atom. The van der Waals surface area contributed by atoms with Gasteiger partial charge in [-0.2, -0.15) is 0 Å². The maximum absolute atomic E-state index is 12.4. The lowest BCUT2D eigenvalue weighted by atomic mass is 9.99. The maximum Gasteiger partial charge on any atom is 0.255 e. The van der Waals surface area contributed by atoms with Crippen LogP contribution >= 0.6 is 0 Å². The van der Waals surface area contributed by atoms with Crippen LogP contribution in [-0.2, 0) is 13.0 Å². The highest BCUT2D eigenvalue weighted by molar-refractivity contribution is 6.04. The summed E-state index contributed by atoms with van der Waals surface area (Å²) in [7, 11) is 0. The first-order chi connectivity index (χ1) is 12.6. The van der Waals surface area contributed by atoms with E-state index in [1.807, 2.05) is 36.4 Å². The molecule has 1 amide bonds. The summed E-state index contributed by atoms with van der Waals surface area (Å²) in [6.07, 6.45) is 3.24. The third-order valence-corrected chi connectivity index (χ3v) is 4.98. The predicted molar refractivity (Wildman–Crippen MR) is 105 cm³/mol. The Balaban J connectivity index is 1.56. The van der Waals surface area contributed by atoms with Gasteiger partial charge >= 0.3 is 0 Å². The zero-order valence-corrected chi connectivity index (χ0v) is 15.4. The van der Waals surface area contributed by atoms with Crippen molar-refractivity contribution < 1.29 is 9.90 Å². The molecule has 1 atom stereocenters. The van der Waals surface area contributed by atoms with E-state index in [-0.39, 0.29) is 12.5 Å². The number of rotatable bonds is 6. The van der Waals surface area contributed by atoms with E-state index in [1.165, 1.54) is 24.9 Å². The molecular weight excluding hydrogens is 324 g/mol. The molecule has 0 aliphatic carbocycles. The van der Waals surface area contributed by atoms with E-state index in [0.717, 1.165) is 30.3 Å². The highest BCUT2D eigenvalue weighted by Gasteiger charge is 2.16. The van der Waals surface area contributed by atoms with Gasteiger partial charge in [0.1, 0.15) is 0 Å². The zero-order chi connectivity index (χ0) is 18.4. The van der Waals surface area contributed by atoms with Gasteiger partial charge in [0.2, 0.25) is 0 Å². The average Bonchev–Trinajstić information content (AvgIpc) is 2.64. The second-order valence-corrected chi connectivity index (χ2v) is 7.30. The Kier molecular flexibility index (Phi) is 6.42. The Labute approximate surface area is 155 Å². The number of aliphatic hydroxyl groups is 1. The molecule has 4 heteroatoms. The number of benzene rings is 2. The second-order valence-electron chi connectivity index (χ2n) is 7.30. The maximum atomic E-state index is 12.4. The quantitative estimate of drug-likeness (QED) is 0.833. The van der Waals surface area contributed by atoms with Crippen molar-refractivity contribution in [3.05, 3.63) is 65.2 Å². The van der Waals surface area contributed by atoms with Gasteiger partial charge in [0.25, 0.3) is 5.91 Å². The number of hydrogen-bond donors (Lipinski definition) is 2. The zero-order valence-electron chi connectivity index (χ0n) is 15.4. The summed E-state index contributed by atoms with van der Waals surface area (Å²) in [4.78, 5) is 14.9. The molecule has 138 valence electrons. The van der Waals surface area contributed by atoms with Crippen LogP contribution in [0.2, 0.25) is 0 Å². The summed E-state index contributed by atoms with van der Waals surface area (Å²) >= 11 is 0. The number of piperidine rings is 1. The number of aliphatic hydroxyl groups excluding tert-OH is 1. The molecule has 2 N–H and O–H groups in total. The van der Waals surface area contributed by atoms with Crippen molar-refractivity contribution in [2.75, 3.05) is 25.0 Å². The molecule has 26 heavy (non-hydrogen) atoms. The van der Waals surface area contributed by atoms with E-state index in [1.54, 1.807) is 0 Å². The molecule has 1 aliphatic heterocycles.